The van der Waals surface area contributed by atoms with Crippen molar-refractivity contribution in [1.82, 2.24) is 0 Å². The molecule has 0 aliphatic heterocycles. The second-order valence-electron chi connectivity index (χ2n) is 3.94. The van der Waals surface area contributed by atoms with Gasteiger partial charge in [-0.25, -0.2) is 22.0 Å². The predicted molar refractivity (Wildman–Crippen MR) is 63.6 cm³/mol. The van der Waals surface area contributed by atoms with Crippen LogP contribution in [0.15, 0.2) is 30.3 Å². The van der Waals surface area contributed by atoms with Gasteiger partial charge in [-0.2, -0.15) is 0 Å². The number of benzene rings is 2. The first-order valence-electron chi connectivity index (χ1n) is 5.36. The first-order valence-corrected chi connectivity index (χ1v) is 7.36. The molecule has 0 bridgehead atoms. The molecule has 0 aliphatic rings. The van der Waals surface area contributed by atoms with Gasteiger partial charge in [-0.3, -0.25) is 0 Å². The van der Waals surface area contributed by atoms with Crippen molar-refractivity contribution in [1.29, 1.82) is 0 Å². The van der Waals surface area contributed by atoms with Gasteiger partial charge in [0, 0.05) is 5.19 Å². The molecular weight excluding hydrogens is 279 g/mol. The lowest BCUT2D eigenvalue weighted by Crippen LogP contribution is -2.44. The molecule has 0 aromatic heterocycles. The number of hydrogen-bond acceptors (Lipinski definition) is 0. The van der Waals surface area contributed by atoms with Gasteiger partial charge in [-0.15, -0.1) is 0 Å². The molecule has 0 heterocycles. The van der Waals surface area contributed by atoms with Gasteiger partial charge in [0.1, 0.15) is 8.80 Å². The van der Waals surface area contributed by atoms with E-state index < -0.39 is 43.1 Å². The van der Waals surface area contributed by atoms with Crippen LogP contribution in [0.4, 0.5) is 22.0 Å². The van der Waals surface area contributed by atoms with E-state index in [4.69, 9.17) is 0 Å². The van der Waals surface area contributed by atoms with Crippen LogP contribution in [0, 0.1) is 29.1 Å². The first-order chi connectivity index (χ1) is 8.95. The molecule has 0 fully saturated rings. The molecule has 0 saturated heterocycles. The van der Waals surface area contributed by atoms with Crippen molar-refractivity contribution >= 4 is 19.2 Å². The van der Waals surface area contributed by atoms with Crippen molar-refractivity contribution in [3.63, 3.8) is 0 Å². The quantitative estimate of drug-likeness (QED) is 0.345. The topological polar surface area (TPSA) is 0 Å². The minimum absolute atomic E-state index is 0.565. The van der Waals surface area contributed by atoms with Gasteiger partial charge in [-0.05, 0) is 0 Å². The summed E-state index contributed by atoms with van der Waals surface area (Å²) in [5.74, 6) is -9.39. The van der Waals surface area contributed by atoms with E-state index in [-0.39, 0.29) is 0 Å². The van der Waals surface area contributed by atoms with E-state index in [0.29, 0.717) is 5.19 Å². The van der Waals surface area contributed by atoms with Crippen molar-refractivity contribution in [3.8, 4) is 0 Å². The maximum absolute atomic E-state index is 13.6. The molecule has 0 atom stereocenters. The molecule has 2 rings (SSSR count). The molecule has 0 nitrogen and oxygen atoms in total. The summed E-state index contributed by atoms with van der Waals surface area (Å²) in [7, 11) is -2.06. The minimum Gasteiger partial charge on any atom is -0.204 e. The molecule has 0 amide bonds. The van der Waals surface area contributed by atoms with Gasteiger partial charge in [-0.1, -0.05) is 42.1 Å². The zero-order valence-corrected chi connectivity index (χ0v) is 10.8. The Morgan fingerprint density at radius 2 is 1.11 bits per heavy atom. The Hall–Kier alpha value is -1.69. The molecular formula is C13H8F5Si. The number of hydrogen-bond donors (Lipinski definition) is 0. The fourth-order valence-electron chi connectivity index (χ4n) is 1.77. The monoisotopic (exact) mass is 287 g/mol. The highest BCUT2D eigenvalue weighted by Crippen LogP contribution is 2.16. The fraction of sp³-hybridized carbons (Fsp3) is 0.0769. The Labute approximate surface area is 108 Å². The molecule has 6 heteroatoms. The number of halogens is 5. The van der Waals surface area contributed by atoms with Crippen LogP contribution in [0.3, 0.4) is 0 Å². The molecule has 1 radical (unpaired) electrons. The Bertz CT molecular complexity index is 583. The maximum atomic E-state index is 13.6. The van der Waals surface area contributed by atoms with Crippen LogP contribution in [0.5, 0.6) is 0 Å². The van der Waals surface area contributed by atoms with Crippen molar-refractivity contribution in [3.05, 3.63) is 59.4 Å². The van der Waals surface area contributed by atoms with E-state index in [1.54, 1.807) is 30.3 Å². The zero-order chi connectivity index (χ0) is 14.2. The third-order valence-electron chi connectivity index (χ3n) is 2.79. The van der Waals surface area contributed by atoms with E-state index in [9.17, 15) is 22.0 Å². The normalized spacial score (nSPS) is 11.1. The van der Waals surface area contributed by atoms with Gasteiger partial charge in [0.05, 0.1) is 0 Å². The molecule has 0 unspecified atom stereocenters. The highest BCUT2D eigenvalue weighted by Gasteiger charge is 2.29. The van der Waals surface area contributed by atoms with E-state index >= 15 is 0 Å². The van der Waals surface area contributed by atoms with Crippen LogP contribution >= 0.6 is 0 Å². The van der Waals surface area contributed by atoms with Gasteiger partial charge >= 0.3 is 0 Å². The van der Waals surface area contributed by atoms with E-state index in [2.05, 4.69) is 0 Å². The summed E-state index contributed by atoms with van der Waals surface area (Å²) >= 11 is 0. The van der Waals surface area contributed by atoms with Crippen LogP contribution in [0.2, 0.25) is 6.55 Å². The Morgan fingerprint density at radius 1 is 0.684 bits per heavy atom. The Balaban J connectivity index is 2.64. The Kier molecular flexibility index (Phi) is 3.70. The summed E-state index contributed by atoms with van der Waals surface area (Å²) < 4.78 is 66.5. The third-order valence-corrected chi connectivity index (χ3v) is 5.18. The fourth-order valence-corrected chi connectivity index (χ4v) is 3.63. The van der Waals surface area contributed by atoms with Crippen molar-refractivity contribution < 1.29 is 22.0 Å². The van der Waals surface area contributed by atoms with Crippen LogP contribution in [0.25, 0.3) is 0 Å². The lowest BCUT2D eigenvalue weighted by molar-refractivity contribution is 0.384. The van der Waals surface area contributed by atoms with Gasteiger partial charge in [0.15, 0.2) is 23.3 Å². The van der Waals surface area contributed by atoms with Gasteiger partial charge in [0.2, 0.25) is 5.82 Å². The van der Waals surface area contributed by atoms with Crippen LogP contribution in [-0.4, -0.2) is 8.80 Å². The maximum Gasteiger partial charge on any atom is 0.200 e. The SMILES string of the molecule is C[Si](c1ccccc1)c1c(F)c(F)c(F)c(F)c1F. The highest BCUT2D eigenvalue weighted by molar-refractivity contribution is 6.84. The standard InChI is InChI=1S/C13H8F5Si/c1-19(7-5-3-2-4-6-7)13-11(17)9(15)8(14)10(16)12(13)18/h2-6H,1H3. The molecule has 0 N–H and O–H groups in total. The largest absolute Gasteiger partial charge is 0.204 e. The summed E-state index contributed by atoms with van der Waals surface area (Å²) in [5, 5.41) is -0.150. The predicted octanol–water partition coefficient (Wildman–Crippen LogP) is 2.62. The molecule has 0 saturated carbocycles. The lowest BCUT2D eigenvalue weighted by atomic mass is 10.3. The van der Waals surface area contributed by atoms with Crippen molar-refractivity contribution in [2.45, 2.75) is 6.55 Å². The molecule has 99 valence electrons. The molecule has 19 heavy (non-hydrogen) atoms. The highest BCUT2D eigenvalue weighted by atomic mass is 28.3. The van der Waals surface area contributed by atoms with Gasteiger partial charge in [0.25, 0.3) is 0 Å². The number of rotatable bonds is 2. The van der Waals surface area contributed by atoms with E-state index in [0.717, 1.165) is 0 Å². The molecule has 2 aromatic carbocycles. The summed E-state index contributed by atoms with van der Waals surface area (Å²) in [4.78, 5) is 0. The lowest BCUT2D eigenvalue weighted by Gasteiger charge is -2.14. The van der Waals surface area contributed by atoms with E-state index in [1.165, 1.54) is 6.55 Å². The van der Waals surface area contributed by atoms with Crippen LogP contribution < -0.4 is 10.4 Å². The summed E-state index contributed by atoms with van der Waals surface area (Å²) in [6.45, 7) is 1.48. The minimum atomic E-state index is -2.12. The molecule has 0 spiro atoms. The van der Waals surface area contributed by atoms with E-state index in [1.807, 2.05) is 0 Å². The molecule has 0 aliphatic carbocycles. The Morgan fingerprint density at radius 3 is 1.58 bits per heavy atom. The average Bonchev–Trinajstić information content (AvgIpc) is 2.44. The second kappa shape index (κ2) is 5.12. The summed E-state index contributed by atoms with van der Waals surface area (Å²) in [5.41, 5.74) is 0. The summed E-state index contributed by atoms with van der Waals surface area (Å²) in [6.07, 6.45) is 0. The second-order valence-corrected chi connectivity index (χ2v) is 6.26. The average molecular weight is 287 g/mol. The third kappa shape index (κ3) is 2.27. The van der Waals surface area contributed by atoms with Gasteiger partial charge < -0.3 is 0 Å². The summed E-state index contributed by atoms with van der Waals surface area (Å²) in [6, 6.07) is 8.21. The smallest absolute Gasteiger partial charge is 0.200 e. The van der Waals surface area contributed by atoms with Crippen molar-refractivity contribution in [2.24, 2.45) is 0 Å². The molecule has 2 aromatic rings. The first kappa shape index (κ1) is 13.7. The zero-order valence-electron chi connectivity index (χ0n) is 9.78. The van der Waals surface area contributed by atoms with Crippen LogP contribution in [0.1, 0.15) is 0 Å². The van der Waals surface area contributed by atoms with Crippen LogP contribution in [-0.2, 0) is 0 Å². The van der Waals surface area contributed by atoms with Crippen molar-refractivity contribution in [2.75, 3.05) is 0 Å².